The lowest BCUT2D eigenvalue weighted by Gasteiger charge is -2.28. The van der Waals surface area contributed by atoms with E-state index in [-0.39, 0.29) is 24.8 Å². The van der Waals surface area contributed by atoms with Gasteiger partial charge < -0.3 is 9.47 Å². The second-order valence-corrected chi connectivity index (χ2v) is 6.13. The van der Waals surface area contributed by atoms with E-state index in [1.807, 2.05) is 0 Å². The fraction of sp³-hybridized carbons (Fsp3) is 0.235. The van der Waals surface area contributed by atoms with Crippen LogP contribution in [0, 0.1) is 0 Å². The van der Waals surface area contributed by atoms with Crippen LogP contribution in [-0.2, 0) is 18.9 Å². The summed E-state index contributed by atoms with van der Waals surface area (Å²) in [4.78, 5) is 21.3. The highest BCUT2D eigenvalue weighted by atomic mass is 19.4. The largest absolute Gasteiger partial charge is 0.433 e. The van der Waals surface area contributed by atoms with Crippen molar-refractivity contribution in [2.24, 2.45) is 0 Å². The van der Waals surface area contributed by atoms with Gasteiger partial charge >= 0.3 is 12.4 Å². The van der Waals surface area contributed by atoms with Crippen molar-refractivity contribution in [2.75, 3.05) is 11.4 Å². The van der Waals surface area contributed by atoms with Crippen LogP contribution in [0.3, 0.4) is 0 Å². The molecule has 146 valence electrons. The van der Waals surface area contributed by atoms with Crippen molar-refractivity contribution in [3.8, 4) is 0 Å². The topological polar surface area (TPSA) is 51.0 Å². The lowest BCUT2D eigenvalue weighted by atomic mass is 10.1. The highest BCUT2D eigenvalue weighted by Crippen LogP contribution is 2.40. The Balaban J connectivity index is 1.92. The number of alkyl halides is 6. The van der Waals surface area contributed by atoms with Crippen LogP contribution in [0.1, 0.15) is 21.7 Å². The van der Waals surface area contributed by atoms with Crippen molar-refractivity contribution < 1.29 is 31.1 Å². The maximum atomic E-state index is 13.4. The third-order valence-electron chi connectivity index (χ3n) is 4.45. The Morgan fingerprint density at radius 2 is 1.61 bits per heavy atom. The number of aromatic nitrogens is 3. The molecule has 0 aliphatic carbocycles. The van der Waals surface area contributed by atoms with Crippen molar-refractivity contribution in [1.29, 1.82) is 0 Å². The van der Waals surface area contributed by atoms with Gasteiger partial charge in [0.05, 0.1) is 5.56 Å². The van der Waals surface area contributed by atoms with Gasteiger partial charge in [-0.2, -0.15) is 26.3 Å². The molecule has 3 aromatic rings. The molecule has 0 radical (unpaired) electrons. The molecule has 1 amide bonds. The average Bonchev–Trinajstić information content (AvgIpc) is 3.00. The van der Waals surface area contributed by atoms with Crippen LogP contribution >= 0.6 is 0 Å². The highest BCUT2D eigenvalue weighted by Gasteiger charge is 2.41. The molecule has 1 aliphatic rings. The van der Waals surface area contributed by atoms with Gasteiger partial charge in [0.25, 0.3) is 5.91 Å². The van der Waals surface area contributed by atoms with E-state index in [0.29, 0.717) is 5.69 Å². The minimum Gasteiger partial charge on any atom is -0.319 e. The third-order valence-corrected chi connectivity index (χ3v) is 4.45. The molecule has 28 heavy (non-hydrogen) atoms. The summed E-state index contributed by atoms with van der Waals surface area (Å²) in [7, 11) is 0. The molecule has 3 aromatic heterocycles. The molecule has 4 heterocycles. The van der Waals surface area contributed by atoms with Gasteiger partial charge in [0.1, 0.15) is 17.0 Å². The van der Waals surface area contributed by atoms with E-state index >= 15 is 0 Å². The summed E-state index contributed by atoms with van der Waals surface area (Å²) in [6.45, 7) is 0.0669. The first-order chi connectivity index (χ1) is 13.1. The van der Waals surface area contributed by atoms with E-state index in [2.05, 4.69) is 9.97 Å². The smallest absolute Gasteiger partial charge is 0.319 e. The van der Waals surface area contributed by atoms with Crippen LogP contribution < -0.4 is 4.90 Å². The van der Waals surface area contributed by atoms with E-state index in [1.54, 1.807) is 12.1 Å². The first kappa shape index (κ1) is 18.3. The zero-order valence-electron chi connectivity index (χ0n) is 13.8. The van der Waals surface area contributed by atoms with Gasteiger partial charge in [0.15, 0.2) is 0 Å². The van der Waals surface area contributed by atoms with Gasteiger partial charge in [-0.25, -0.2) is 4.98 Å². The summed E-state index contributed by atoms with van der Waals surface area (Å²) in [5.74, 6) is -0.628. The maximum Gasteiger partial charge on any atom is 0.433 e. The molecule has 1 aliphatic heterocycles. The predicted molar refractivity (Wildman–Crippen MR) is 85.7 cm³/mol. The Morgan fingerprint density at radius 1 is 0.929 bits per heavy atom. The van der Waals surface area contributed by atoms with Crippen LogP contribution in [0.5, 0.6) is 0 Å². The second kappa shape index (κ2) is 5.94. The summed E-state index contributed by atoms with van der Waals surface area (Å²) in [6.07, 6.45) is -7.19. The van der Waals surface area contributed by atoms with E-state index in [1.165, 1.54) is 17.3 Å². The van der Waals surface area contributed by atoms with E-state index in [0.717, 1.165) is 10.6 Å². The number of fused-ring (bicyclic) bond motifs is 3. The zero-order valence-corrected chi connectivity index (χ0v) is 13.8. The Morgan fingerprint density at radius 3 is 2.21 bits per heavy atom. The highest BCUT2D eigenvalue weighted by molar-refractivity contribution is 6.08. The van der Waals surface area contributed by atoms with Gasteiger partial charge in [0.2, 0.25) is 0 Å². The number of halogens is 6. The second-order valence-electron chi connectivity index (χ2n) is 6.13. The molecule has 0 saturated carbocycles. The van der Waals surface area contributed by atoms with Crippen molar-refractivity contribution in [3.05, 3.63) is 53.6 Å². The van der Waals surface area contributed by atoms with Crippen molar-refractivity contribution >= 4 is 22.6 Å². The van der Waals surface area contributed by atoms with Crippen LogP contribution in [0.4, 0.5) is 32.0 Å². The van der Waals surface area contributed by atoms with E-state index in [4.69, 9.17) is 0 Å². The summed E-state index contributed by atoms with van der Waals surface area (Å²) in [6, 6.07) is 4.02. The Kier molecular flexibility index (Phi) is 3.88. The van der Waals surface area contributed by atoms with Gasteiger partial charge in [0, 0.05) is 36.6 Å². The first-order valence-electron chi connectivity index (χ1n) is 7.98. The molecule has 11 heteroatoms. The van der Waals surface area contributed by atoms with Crippen molar-refractivity contribution in [3.63, 3.8) is 0 Å². The number of pyridine rings is 2. The fourth-order valence-electron chi connectivity index (χ4n) is 3.21. The molecule has 0 atom stereocenters. The van der Waals surface area contributed by atoms with Gasteiger partial charge in [-0.15, -0.1) is 0 Å². The lowest BCUT2D eigenvalue weighted by Crippen LogP contribution is -2.40. The lowest BCUT2D eigenvalue weighted by molar-refractivity contribution is -0.144. The predicted octanol–water partition coefficient (Wildman–Crippen LogP) is 4.13. The first-order valence-corrected chi connectivity index (χ1v) is 7.98. The standard InChI is InChI=1S/C17H10F6N4O/c18-16(19,20)11-8-13(17(21,22)23)25-14-10(11)7-12-15(28)26(5-6-27(12)14)9-1-3-24-4-2-9/h1-4,7-8H,5-6H2. The average molecular weight is 400 g/mol. The normalized spacial score (nSPS) is 15.2. The number of anilines is 1. The quantitative estimate of drug-likeness (QED) is 0.578. The Labute approximate surface area is 153 Å². The molecule has 4 rings (SSSR count). The number of amides is 1. The molecule has 0 N–H and O–H groups in total. The molecule has 0 spiro atoms. The Bertz CT molecular complexity index is 1070. The minimum absolute atomic E-state index is 0.00148. The SMILES string of the molecule is O=C1c2cc3c(C(F)(F)F)cc(C(F)(F)F)nc3n2CCN1c1ccncc1. The van der Waals surface area contributed by atoms with Crippen molar-refractivity contribution in [2.45, 2.75) is 18.9 Å². The van der Waals surface area contributed by atoms with Gasteiger partial charge in [-0.05, 0) is 24.3 Å². The summed E-state index contributed by atoms with van der Waals surface area (Å²) in [5.41, 5.74) is -3.32. The van der Waals surface area contributed by atoms with E-state index in [9.17, 15) is 31.1 Å². The molecular formula is C17H10F6N4O. The fourth-order valence-corrected chi connectivity index (χ4v) is 3.21. The number of nitrogens with zero attached hydrogens (tertiary/aromatic N) is 4. The molecule has 0 saturated heterocycles. The third kappa shape index (κ3) is 2.86. The van der Waals surface area contributed by atoms with Crippen LogP contribution in [-0.4, -0.2) is 27.0 Å². The maximum absolute atomic E-state index is 13.4. The summed E-state index contributed by atoms with van der Waals surface area (Å²) >= 11 is 0. The molecule has 0 aromatic carbocycles. The van der Waals surface area contributed by atoms with Crippen LogP contribution in [0.2, 0.25) is 0 Å². The van der Waals surface area contributed by atoms with Gasteiger partial charge in [-0.3, -0.25) is 9.78 Å². The molecule has 0 fully saturated rings. The number of carbonyl (C=O) groups is 1. The van der Waals surface area contributed by atoms with Gasteiger partial charge in [-0.1, -0.05) is 0 Å². The molecule has 0 unspecified atom stereocenters. The molecule has 0 bridgehead atoms. The molecular weight excluding hydrogens is 390 g/mol. The number of carbonyl (C=O) groups excluding carboxylic acids is 1. The molecule has 5 nitrogen and oxygen atoms in total. The van der Waals surface area contributed by atoms with Crippen LogP contribution in [0.15, 0.2) is 36.7 Å². The summed E-state index contributed by atoms with van der Waals surface area (Å²) in [5, 5.41) is -0.541. The monoisotopic (exact) mass is 400 g/mol. The van der Waals surface area contributed by atoms with Crippen LogP contribution in [0.25, 0.3) is 11.0 Å². The number of hydrogen-bond donors (Lipinski definition) is 0. The van der Waals surface area contributed by atoms with E-state index < -0.39 is 40.6 Å². The number of hydrogen-bond acceptors (Lipinski definition) is 3. The Hall–Kier alpha value is -3.11. The van der Waals surface area contributed by atoms with Crippen molar-refractivity contribution in [1.82, 2.24) is 14.5 Å². The summed E-state index contributed by atoms with van der Waals surface area (Å²) < 4.78 is 80.4. The zero-order chi connectivity index (χ0) is 20.3. The minimum atomic E-state index is -5.05. The number of rotatable bonds is 1.